The van der Waals surface area contributed by atoms with Crippen LogP contribution in [0.4, 0.5) is 5.69 Å². The molecule has 0 bridgehead atoms. The molecule has 0 saturated carbocycles. The van der Waals surface area contributed by atoms with E-state index in [1.54, 1.807) is 25.1 Å². The molecule has 21 heavy (non-hydrogen) atoms. The van der Waals surface area contributed by atoms with Gasteiger partial charge in [-0.25, -0.2) is 0 Å². The summed E-state index contributed by atoms with van der Waals surface area (Å²) in [6.07, 6.45) is -0.772. The summed E-state index contributed by atoms with van der Waals surface area (Å²) in [5.41, 5.74) is 2.16. The summed E-state index contributed by atoms with van der Waals surface area (Å²) in [5, 5.41) is 21.0. The molecular weight excluding hydrogens is 270 g/mol. The van der Waals surface area contributed by atoms with Gasteiger partial charge >= 0.3 is 0 Å². The van der Waals surface area contributed by atoms with Crippen LogP contribution in [-0.4, -0.2) is 16.6 Å². The van der Waals surface area contributed by atoms with Gasteiger partial charge in [0.2, 0.25) is 0 Å². The van der Waals surface area contributed by atoms with E-state index in [1.165, 1.54) is 6.07 Å². The third-order valence-electron chi connectivity index (χ3n) is 3.27. The van der Waals surface area contributed by atoms with Crippen LogP contribution < -0.4 is 4.74 Å². The third-order valence-corrected chi connectivity index (χ3v) is 3.27. The number of nitro groups is 1. The van der Waals surface area contributed by atoms with E-state index in [1.807, 2.05) is 25.1 Å². The molecule has 1 atom stereocenters. The van der Waals surface area contributed by atoms with Gasteiger partial charge in [0.15, 0.2) is 0 Å². The Morgan fingerprint density at radius 1 is 1.19 bits per heavy atom. The first kappa shape index (κ1) is 15.0. The van der Waals surface area contributed by atoms with E-state index in [9.17, 15) is 15.2 Å². The number of aliphatic hydroxyl groups is 1. The molecule has 5 nitrogen and oxygen atoms in total. The third kappa shape index (κ3) is 3.58. The molecule has 0 fully saturated rings. The maximum Gasteiger partial charge on any atom is 0.276 e. The van der Waals surface area contributed by atoms with Gasteiger partial charge in [0.05, 0.1) is 11.0 Å². The van der Waals surface area contributed by atoms with E-state index in [0.29, 0.717) is 11.3 Å². The Morgan fingerprint density at radius 2 is 1.86 bits per heavy atom. The molecule has 0 aliphatic heterocycles. The summed E-state index contributed by atoms with van der Waals surface area (Å²) < 4.78 is 5.54. The average Bonchev–Trinajstić information content (AvgIpc) is 2.46. The second-order valence-electron chi connectivity index (χ2n) is 4.90. The molecule has 2 rings (SSSR count). The van der Waals surface area contributed by atoms with Crippen molar-refractivity contribution in [2.75, 3.05) is 6.61 Å². The number of nitrogens with zero attached hydrogens (tertiary/aromatic N) is 1. The van der Waals surface area contributed by atoms with Crippen LogP contribution in [0.1, 0.15) is 22.8 Å². The minimum atomic E-state index is -0.772. The zero-order chi connectivity index (χ0) is 15.4. The fraction of sp³-hybridized carbons (Fsp3) is 0.250. The minimum Gasteiger partial charge on any atom is -0.490 e. The topological polar surface area (TPSA) is 72.6 Å². The van der Waals surface area contributed by atoms with Crippen molar-refractivity contribution in [2.24, 2.45) is 0 Å². The predicted molar refractivity (Wildman–Crippen MR) is 79.5 cm³/mol. The summed E-state index contributed by atoms with van der Waals surface area (Å²) in [5.74, 6) is 0.419. The van der Waals surface area contributed by atoms with Gasteiger partial charge in [-0.2, -0.15) is 0 Å². The van der Waals surface area contributed by atoms with Crippen LogP contribution in [0.25, 0.3) is 0 Å². The lowest BCUT2D eigenvalue weighted by Gasteiger charge is -2.14. The molecule has 0 aliphatic rings. The highest BCUT2D eigenvalue weighted by Gasteiger charge is 2.15. The standard InChI is InChI=1S/C16H17NO4/c1-11-8-12(2)16(9-14(11)17(19)20)21-10-15(18)13-6-4-3-5-7-13/h3-9,15,18H,10H2,1-2H3. The van der Waals surface area contributed by atoms with Crippen molar-refractivity contribution in [2.45, 2.75) is 20.0 Å². The summed E-state index contributed by atoms with van der Waals surface area (Å²) in [6.45, 7) is 3.56. The van der Waals surface area contributed by atoms with Crippen molar-refractivity contribution in [3.8, 4) is 5.75 Å². The number of aliphatic hydroxyl groups excluding tert-OH is 1. The first-order valence-electron chi connectivity index (χ1n) is 6.60. The second kappa shape index (κ2) is 6.37. The molecule has 1 N–H and O–H groups in total. The van der Waals surface area contributed by atoms with Crippen LogP contribution in [0, 0.1) is 24.0 Å². The molecule has 0 spiro atoms. The largest absolute Gasteiger partial charge is 0.490 e. The lowest BCUT2D eigenvalue weighted by atomic mass is 10.1. The van der Waals surface area contributed by atoms with Crippen molar-refractivity contribution in [1.82, 2.24) is 0 Å². The highest BCUT2D eigenvalue weighted by molar-refractivity contribution is 5.49. The molecule has 1 unspecified atom stereocenters. The van der Waals surface area contributed by atoms with Crippen LogP contribution in [0.15, 0.2) is 42.5 Å². The van der Waals surface area contributed by atoms with Crippen molar-refractivity contribution >= 4 is 5.69 Å². The number of hydrogen-bond acceptors (Lipinski definition) is 4. The number of benzene rings is 2. The summed E-state index contributed by atoms with van der Waals surface area (Å²) in [6, 6.07) is 12.3. The van der Waals surface area contributed by atoms with Crippen LogP contribution in [0.5, 0.6) is 5.75 Å². The van der Waals surface area contributed by atoms with E-state index in [4.69, 9.17) is 4.74 Å². The molecule has 2 aromatic carbocycles. The van der Waals surface area contributed by atoms with E-state index in [-0.39, 0.29) is 12.3 Å². The Balaban J connectivity index is 2.13. The van der Waals surface area contributed by atoms with Crippen LogP contribution >= 0.6 is 0 Å². The Hall–Kier alpha value is -2.40. The van der Waals surface area contributed by atoms with E-state index < -0.39 is 11.0 Å². The maximum atomic E-state index is 10.9. The van der Waals surface area contributed by atoms with Crippen molar-refractivity contribution in [3.63, 3.8) is 0 Å². The van der Waals surface area contributed by atoms with Crippen LogP contribution in [0.3, 0.4) is 0 Å². The zero-order valence-electron chi connectivity index (χ0n) is 11.9. The van der Waals surface area contributed by atoms with Gasteiger partial charge < -0.3 is 9.84 Å². The summed E-state index contributed by atoms with van der Waals surface area (Å²) >= 11 is 0. The van der Waals surface area contributed by atoms with Gasteiger partial charge in [0.25, 0.3) is 5.69 Å². The fourth-order valence-corrected chi connectivity index (χ4v) is 2.11. The summed E-state index contributed by atoms with van der Waals surface area (Å²) in [4.78, 5) is 10.5. The Labute approximate surface area is 123 Å². The number of hydrogen-bond donors (Lipinski definition) is 1. The Bertz CT molecular complexity index is 640. The lowest BCUT2D eigenvalue weighted by molar-refractivity contribution is -0.385. The average molecular weight is 287 g/mol. The minimum absolute atomic E-state index is 0.0183. The van der Waals surface area contributed by atoms with Crippen molar-refractivity contribution in [3.05, 3.63) is 69.3 Å². The number of ether oxygens (including phenoxy) is 1. The predicted octanol–water partition coefficient (Wildman–Crippen LogP) is 3.32. The second-order valence-corrected chi connectivity index (χ2v) is 4.90. The molecule has 0 heterocycles. The number of rotatable bonds is 5. The monoisotopic (exact) mass is 287 g/mol. The highest BCUT2D eigenvalue weighted by atomic mass is 16.6. The number of aryl methyl sites for hydroxylation is 2. The van der Waals surface area contributed by atoms with Gasteiger partial charge in [-0.15, -0.1) is 0 Å². The van der Waals surface area contributed by atoms with Gasteiger partial charge in [-0.1, -0.05) is 30.3 Å². The fourth-order valence-electron chi connectivity index (χ4n) is 2.11. The smallest absolute Gasteiger partial charge is 0.276 e. The lowest BCUT2D eigenvalue weighted by Crippen LogP contribution is -2.10. The van der Waals surface area contributed by atoms with E-state index >= 15 is 0 Å². The molecule has 0 aromatic heterocycles. The molecule has 0 amide bonds. The van der Waals surface area contributed by atoms with Gasteiger partial charge in [-0.3, -0.25) is 10.1 Å². The van der Waals surface area contributed by atoms with Crippen LogP contribution in [0.2, 0.25) is 0 Å². The molecule has 2 aromatic rings. The zero-order valence-corrected chi connectivity index (χ0v) is 11.9. The molecule has 0 saturated heterocycles. The van der Waals surface area contributed by atoms with Gasteiger partial charge in [-0.05, 0) is 31.0 Å². The van der Waals surface area contributed by atoms with E-state index in [2.05, 4.69) is 0 Å². The first-order valence-corrected chi connectivity index (χ1v) is 6.60. The molecule has 0 aliphatic carbocycles. The Morgan fingerprint density at radius 3 is 2.48 bits per heavy atom. The molecule has 5 heteroatoms. The number of nitro benzene ring substituents is 1. The van der Waals surface area contributed by atoms with Crippen molar-refractivity contribution < 1.29 is 14.8 Å². The first-order chi connectivity index (χ1) is 9.99. The highest BCUT2D eigenvalue weighted by Crippen LogP contribution is 2.28. The van der Waals surface area contributed by atoms with Gasteiger partial charge in [0.1, 0.15) is 18.5 Å². The van der Waals surface area contributed by atoms with Gasteiger partial charge in [0, 0.05) is 5.56 Å². The quantitative estimate of drug-likeness (QED) is 0.676. The Kier molecular flexibility index (Phi) is 4.55. The summed E-state index contributed by atoms with van der Waals surface area (Å²) in [7, 11) is 0. The molecule has 0 radical (unpaired) electrons. The molecule has 110 valence electrons. The normalized spacial score (nSPS) is 12.0. The van der Waals surface area contributed by atoms with E-state index in [0.717, 1.165) is 11.1 Å². The maximum absolute atomic E-state index is 10.9. The SMILES string of the molecule is Cc1cc(C)c([N+](=O)[O-])cc1OCC(O)c1ccccc1. The van der Waals surface area contributed by atoms with Crippen molar-refractivity contribution in [1.29, 1.82) is 0 Å². The van der Waals surface area contributed by atoms with Crippen LogP contribution in [-0.2, 0) is 0 Å². The molecular formula is C16H17NO4.